The van der Waals surface area contributed by atoms with Crippen molar-refractivity contribution in [1.29, 1.82) is 0 Å². The van der Waals surface area contributed by atoms with Gasteiger partial charge in [-0.05, 0) is 30.2 Å². The first kappa shape index (κ1) is 20.7. The number of ether oxygens (including phenoxy) is 2. The van der Waals surface area contributed by atoms with E-state index in [9.17, 15) is 9.59 Å². The van der Waals surface area contributed by atoms with Gasteiger partial charge < -0.3 is 25.2 Å². The number of benzene rings is 2. The summed E-state index contributed by atoms with van der Waals surface area (Å²) in [6, 6.07) is 14.2. The van der Waals surface area contributed by atoms with Gasteiger partial charge in [-0.3, -0.25) is 4.79 Å². The Kier molecular flexibility index (Phi) is 6.72. The number of carbonyl (C=O) groups excluding carboxylic acids is 1. The van der Waals surface area contributed by atoms with E-state index in [2.05, 4.69) is 0 Å². The van der Waals surface area contributed by atoms with Crippen molar-refractivity contribution in [1.82, 2.24) is 4.90 Å². The van der Waals surface area contributed by atoms with Gasteiger partial charge in [-0.25, -0.2) is 4.79 Å². The molecule has 1 unspecified atom stereocenters. The van der Waals surface area contributed by atoms with E-state index in [1.807, 2.05) is 37.3 Å². The Bertz CT molecular complexity index is 856. The zero-order valence-electron chi connectivity index (χ0n) is 16.4. The molecule has 3 N–H and O–H groups in total. The van der Waals surface area contributed by atoms with Crippen LogP contribution >= 0.6 is 0 Å². The number of hydrogen-bond acceptors (Lipinski definition) is 5. The molecule has 0 aromatic heterocycles. The van der Waals surface area contributed by atoms with E-state index in [-0.39, 0.29) is 35.9 Å². The molecular formula is C22H26N2O5. The van der Waals surface area contributed by atoms with E-state index in [0.717, 1.165) is 5.56 Å². The summed E-state index contributed by atoms with van der Waals surface area (Å²) in [4.78, 5) is 25.2. The van der Waals surface area contributed by atoms with Crippen molar-refractivity contribution in [2.75, 3.05) is 18.9 Å². The number of hydrogen-bond donors (Lipinski definition) is 2. The predicted octanol–water partition coefficient (Wildman–Crippen LogP) is 2.94. The lowest BCUT2D eigenvalue weighted by Gasteiger charge is -2.24. The third kappa shape index (κ3) is 5.26. The molecule has 1 fully saturated rings. The van der Waals surface area contributed by atoms with Crippen LogP contribution in [0.1, 0.15) is 35.7 Å². The van der Waals surface area contributed by atoms with Gasteiger partial charge in [0.25, 0.3) is 0 Å². The third-order valence-electron chi connectivity index (χ3n) is 5.02. The molecule has 2 aromatic carbocycles. The van der Waals surface area contributed by atoms with Crippen LogP contribution in [-0.2, 0) is 16.1 Å². The van der Waals surface area contributed by atoms with Crippen LogP contribution in [0, 0.1) is 0 Å². The van der Waals surface area contributed by atoms with E-state index in [4.69, 9.17) is 20.3 Å². The number of aromatic carboxylic acids is 1. The van der Waals surface area contributed by atoms with Crippen LogP contribution in [0.25, 0.3) is 0 Å². The molecule has 0 radical (unpaired) electrons. The molecule has 29 heavy (non-hydrogen) atoms. The predicted molar refractivity (Wildman–Crippen MR) is 109 cm³/mol. The van der Waals surface area contributed by atoms with Crippen LogP contribution in [0.5, 0.6) is 5.75 Å². The van der Waals surface area contributed by atoms with E-state index < -0.39 is 5.97 Å². The second kappa shape index (κ2) is 9.43. The summed E-state index contributed by atoms with van der Waals surface area (Å²) >= 11 is 0. The summed E-state index contributed by atoms with van der Waals surface area (Å²) in [6.45, 7) is 3.13. The largest absolute Gasteiger partial charge is 0.489 e. The molecule has 1 amide bonds. The number of nitrogens with zero attached hydrogens (tertiary/aromatic N) is 1. The summed E-state index contributed by atoms with van der Waals surface area (Å²) in [5, 5.41) is 9.03. The van der Waals surface area contributed by atoms with E-state index in [0.29, 0.717) is 31.7 Å². The van der Waals surface area contributed by atoms with Crippen LogP contribution in [-0.4, -0.2) is 47.2 Å². The van der Waals surface area contributed by atoms with E-state index >= 15 is 0 Å². The minimum Gasteiger partial charge on any atom is -0.489 e. The van der Waals surface area contributed by atoms with Crippen molar-refractivity contribution in [3.05, 3.63) is 59.7 Å². The number of rotatable bonds is 8. The van der Waals surface area contributed by atoms with E-state index in [1.54, 1.807) is 11.0 Å². The minimum atomic E-state index is -1.04. The van der Waals surface area contributed by atoms with Crippen molar-refractivity contribution in [3.8, 4) is 5.75 Å². The maximum Gasteiger partial charge on any atom is 0.335 e. The molecule has 3 rings (SSSR count). The highest BCUT2D eigenvalue weighted by molar-refractivity contribution is 5.89. The zero-order chi connectivity index (χ0) is 20.8. The van der Waals surface area contributed by atoms with Gasteiger partial charge in [-0.2, -0.15) is 0 Å². The van der Waals surface area contributed by atoms with Crippen LogP contribution in [0.2, 0.25) is 0 Å². The van der Waals surface area contributed by atoms with Crippen LogP contribution in [0.4, 0.5) is 5.69 Å². The van der Waals surface area contributed by atoms with Crippen molar-refractivity contribution in [2.45, 2.75) is 38.5 Å². The second-order valence-electron chi connectivity index (χ2n) is 7.08. The summed E-state index contributed by atoms with van der Waals surface area (Å²) in [5.41, 5.74) is 7.36. The number of amides is 1. The average molecular weight is 398 g/mol. The molecule has 7 nitrogen and oxygen atoms in total. The lowest BCUT2D eigenvalue weighted by molar-refractivity contribution is -0.132. The molecular weight excluding hydrogens is 372 g/mol. The molecule has 1 aliphatic heterocycles. The van der Waals surface area contributed by atoms with Gasteiger partial charge in [-0.1, -0.05) is 37.3 Å². The number of nitrogen functional groups attached to an aromatic ring is 1. The van der Waals surface area contributed by atoms with E-state index in [1.165, 1.54) is 12.1 Å². The Morgan fingerprint density at radius 2 is 1.97 bits per heavy atom. The van der Waals surface area contributed by atoms with Gasteiger partial charge in [0.2, 0.25) is 5.91 Å². The molecule has 154 valence electrons. The first-order valence-electron chi connectivity index (χ1n) is 9.68. The number of likely N-dealkylation sites (tertiary alicyclic amines) is 1. The molecule has 1 saturated heterocycles. The Balaban J connectivity index is 1.61. The van der Waals surface area contributed by atoms with Crippen molar-refractivity contribution in [2.24, 2.45) is 0 Å². The minimum absolute atomic E-state index is 0.0543. The highest BCUT2D eigenvalue weighted by Crippen LogP contribution is 2.26. The summed E-state index contributed by atoms with van der Waals surface area (Å²) < 4.78 is 11.8. The maximum absolute atomic E-state index is 12.4. The Labute approximate surface area is 170 Å². The lowest BCUT2D eigenvalue weighted by Crippen LogP contribution is -2.39. The molecule has 0 bridgehead atoms. The fourth-order valence-corrected chi connectivity index (χ4v) is 3.45. The first-order valence-corrected chi connectivity index (χ1v) is 9.68. The van der Waals surface area contributed by atoms with Crippen molar-refractivity contribution < 1.29 is 24.2 Å². The fraction of sp³-hybridized carbons (Fsp3) is 0.364. The topological polar surface area (TPSA) is 102 Å². The molecule has 2 aromatic rings. The highest BCUT2D eigenvalue weighted by atomic mass is 16.5. The lowest BCUT2D eigenvalue weighted by atomic mass is 10.2. The summed E-state index contributed by atoms with van der Waals surface area (Å²) in [5.74, 6) is -0.580. The first-order chi connectivity index (χ1) is 14.0. The molecule has 1 aliphatic rings. The van der Waals surface area contributed by atoms with Crippen LogP contribution < -0.4 is 10.5 Å². The number of carbonyl (C=O) groups is 2. The number of carboxylic acid groups (broad SMARTS) is 1. The molecule has 0 spiro atoms. The molecule has 0 aliphatic carbocycles. The molecule has 1 heterocycles. The number of anilines is 1. The Hall–Kier alpha value is -3.06. The molecule has 2 atom stereocenters. The van der Waals surface area contributed by atoms with Crippen LogP contribution in [0.15, 0.2) is 48.5 Å². The van der Waals surface area contributed by atoms with Gasteiger partial charge >= 0.3 is 5.97 Å². The number of nitrogens with two attached hydrogens (primary N) is 1. The van der Waals surface area contributed by atoms with Gasteiger partial charge in [0, 0.05) is 13.0 Å². The third-order valence-corrected chi connectivity index (χ3v) is 5.02. The summed E-state index contributed by atoms with van der Waals surface area (Å²) in [6.07, 6.45) is 1.02. The molecule has 0 saturated carbocycles. The summed E-state index contributed by atoms with van der Waals surface area (Å²) in [7, 11) is 0. The normalized spacial score (nSPS) is 18.6. The van der Waals surface area contributed by atoms with Crippen molar-refractivity contribution in [3.63, 3.8) is 0 Å². The smallest absolute Gasteiger partial charge is 0.335 e. The zero-order valence-corrected chi connectivity index (χ0v) is 16.4. The fourth-order valence-electron chi connectivity index (χ4n) is 3.45. The van der Waals surface area contributed by atoms with Gasteiger partial charge in [0.15, 0.2) is 0 Å². The standard InChI is InChI=1S/C22H26N2O5/c1-2-21(25)24-12-18(28-13-15-6-4-3-5-7-15)11-17(24)14-29-20-9-8-16(22(26)27)10-19(20)23/h3-10,17-18H,2,11-14,23H2,1H3,(H,26,27)/t17-,18?/m0/s1. The second-order valence-corrected chi connectivity index (χ2v) is 7.08. The highest BCUT2D eigenvalue weighted by Gasteiger charge is 2.35. The Morgan fingerprint density at radius 3 is 2.62 bits per heavy atom. The van der Waals surface area contributed by atoms with Gasteiger partial charge in [0.1, 0.15) is 12.4 Å². The maximum atomic E-state index is 12.4. The van der Waals surface area contributed by atoms with Gasteiger partial charge in [0.05, 0.1) is 30.0 Å². The Morgan fingerprint density at radius 1 is 1.21 bits per heavy atom. The van der Waals surface area contributed by atoms with Crippen LogP contribution in [0.3, 0.4) is 0 Å². The monoisotopic (exact) mass is 398 g/mol. The quantitative estimate of drug-likeness (QED) is 0.663. The van der Waals surface area contributed by atoms with Gasteiger partial charge in [-0.15, -0.1) is 0 Å². The average Bonchev–Trinajstić information content (AvgIpc) is 3.14. The SMILES string of the molecule is CCC(=O)N1CC(OCc2ccccc2)C[C@H]1COc1ccc(C(=O)O)cc1N. The number of carboxylic acids is 1. The van der Waals surface area contributed by atoms with Crippen molar-refractivity contribution >= 4 is 17.6 Å². The molecule has 7 heteroatoms.